The van der Waals surface area contributed by atoms with Crippen LogP contribution in [0.5, 0.6) is 5.75 Å². The molecule has 7 nitrogen and oxygen atoms in total. The molecule has 152 valence electrons. The highest BCUT2D eigenvalue weighted by Gasteiger charge is 2.16. The number of H-pyrrole nitrogens is 1. The first-order chi connectivity index (χ1) is 14.7. The van der Waals surface area contributed by atoms with Gasteiger partial charge in [0.15, 0.2) is 5.82 Å². The van der Waals surface area contributed by atoms with Crippen LogP contribution in [0.15, 0.2) is 54.9 Å². The molecule has 30 heavy (non-hydrogen) atoms. The van der Waals surface area contributed by atoms with Crippen LogP contribution in [0, 0.1) is 0 Å². The second-order valence-electron chi connectivity index (χ2n) is 7.69. The highest BCUT2D eigenvalue weighted by molar-refractivity contribution is 5.91. The zero-order valence-electron chi connectivity index (χ0n) is 16.6. The average Bonchev–Trinajstić information content (AvgIpc) is 3.43. The molecule has 4 aromatic rings. The number of aromatic amines is 1. The Morgan fingerprint density at radius 3 is 2.53 bits per heavy atom. The third kappa shape index (κ3) is 3.91. The number of benzene rings is 2. The van der Waals surface area contributed by atoms with Crippen molar-refractivity contribution >= 4 is 22.7 Å². The Balaban J connectivity index is 1.20. The van der Waals surface area contributed by atoms with Gasteiger partial charge in [-0.3, -0.25) is 5.10 Å². The van der Waals surface area contributed by atoms with Crippen molar-refractivity contribution in [2.75, 3.05) is 11.1 Å². The molecule has 0 amide bonds. The SMILES string of the molecule is Nc1n[nH]c2cc(-c3cnc(NCc4ccc(OC5CCCC5)cc4)nc3)ccc12. The molecule has 0 saturated heterocycles. The topological polar surface area (TPSA) is 102 Å². The van der Waals surface area contributed by atoms with Crippen molar-refractivity contribution in [3.05, 3.63) is 60.4 Å². The van der Waals surface area contributed by atoms with E-state index in [0.29, 0.717) is 24.4 Å². The number of fused-ring (bicyclic) bond motifs is 1. The summed E-state index contributed by atoms with van der Waals surface area (Å²) in [5, 5.41) is 11.2. The Morgan fingerprint density at radius 1 is 1.00 bits per heavy atom. The lowest BCUT2D eigenvalue weighted by Crippen LogP contribution is -2.10. The first kappa shape index (κ1) is 18.4. The Kier molecular flexibility index (Phi) is 4.93. The van der Waals surface area contributed by atoms with Crippen LogP contribution in [0.25, 0.3) is 22.0 Å². The van der Waals surface area contributed by atoms with Gasteiger partial charge in [-0.15, -0.1) is 0 Å². The molecule has 7 heteroatoms. The number of anilines is 2. The monoisotopic (exact) mass is 400 g/mol. The van der Waals surface area contributed by atoms with Crippen LogP contribution in [-0.2, 0) is 6.54 Å². The van der Waals surface area contributed by atoms with Gasteiger partial charge in [0.05, 0.1) is 11.6 Å². The summed E-state index contributed by atoms with van der Waals surface area (Å²) in [5.41, 5.74) is 9.82. The van der Waals surface area contributed by atoms with E-state index in [9.17, 15) is 0 Å². The molecule has 1 aliphatic carbocycles. The quantitative estimate of drug-likeness (QED) is 0.439. The van der Waals surface area contributed by atoms with Crippen LogP contribution < -0.4 is 15.8 Å². The Hall–Kier alpha value is -3.61. The maximum absolute atomic E-state index is 6.02. The van der Waals surface area contributed by atoms with Crippen LogP contribution in [-0.4, -0.2) is 26.3 Å². The van der Waals surface area contributed by atoms with Crippen molar-refractivity contribution in [2.45, 2.75) is 38.3 Å². The van der Waals surface area contributed by atoms with Gasteiger partial charge in [-0.25, -0.2) is 9.97 Å². The van der Waals surface area contributed by atoms with Gasteiger partial charge in [0, 0.05) is 29.9 Å². The molecule has 2 aromatic heterocycles. The minimum Gasteiger partial charge on any atom is -0.490 e. The minimum atomic E-state index is 0.382. The smallest absolute Gasteiger partial charge is 0.222 e. The second kappa shape index (κ2) is 8.02. The summed E-state index contributed by atoms with van der Waals surface area (Å²) in [6, 6.07) is 14.2. The summed E-state index contributed by atoms with van der Waals surface area (Å²) in [7, 11) is 0. The van der Waals surface area contributed by atoms with Gasteiger partial charge >= 0.3 is 0 Å². The third-order valence-electron chi connectivity index (χ3n) is 5.56. The van der Waals surface area contributed by atoms with Crippen molar-refractivity contribution in [3.63, 3.8) is 0 Å². The van der Waals surface area contributed by atoms with Crippen molar-refractivity contribution in [2.24, 2.45) is 0 Å². The largest absolute Gasteiger partial charge is 0.490 e. The van der Waals surface area contributed by atoms with Gasteiger partial charge in [-0.05, 0) is 61.1 Å². The van der Waals surface area contributed by atoms with Gasteiger partial charge < -0.3 is 15.8 Å². The Labute approximate surface area is 174 Å². The van der Waals surface area contributed by atoms with Gasteiger partial charge in [0.25, 0.3) is 0 Å². The Morgan fingerprint density at radius 2 is 1.77 bits per heavy atom. The molecule has 2 heterocycles. The normalized spacial score (nSPS) is 14.3. The highest BCUT2D eigenvalue weighted by atomic mass is 16.5. The number of rotatable bonds is 6. The zero-order chi connectivity index (χ0) is 20.3. The van der Waals surface area contributed by atoms with E-state index in [2.05, 4.69) is 37.6 Å². The lowest BCUT2D eigenvalue weighted by Gasteiger charge is -2.13. The number of hydrogen-bond acceptors (Lipinski definition) is 6. The van der Waals surface area contributed by atoms with E-state index < -0.39 is 0 Å². The van der Waals surface area contributed by atoms with E-state index in [1.807, 2.05) is 42.7 Å². The predicted molar refractivity (Wildman–Crippen MR) is 118 cm³/mol. The number of hydrogen-bond donors (Lipinski definition) is 3. The van der Waals surface area contributed by atoms with E-state index in [1.54, 1.807) is 0 Å². The van der Waals surface area contributed by atoms with E-state index in [0.717, 1.165) is 33.3 Å². The summed E-state index contributed by atoms with van der Waals surface area (Å²) < 4.78 is 6.02. The van der Waals surface area contributed by atoms with Gasteiger partial charge in [-0.1, -0.05) is 18.2 Å². The number of nitrogens with one attached hydrogen (secondary N) is 2. The van der Waals surface area contributed by atoms with Crippen molar-refractivity contribution < 1.29 is 4.74 Å². The van der Waals surface area contributed by atoms with Gasteiger partial charge in [-0.2, -0.15) is 5.10 Å². The molecular weight excluding hydrogens is 376 g/mol. The number of ether oxygens (including phenoxy) is 1. The van der Waals surface area contributed by atoms with Crippen LogP contribution in [0.4, 0.5) is 11.8 Å². The van der Waals surface area contributed by atoms with E-state index in [4.69, 9.17) is 10.5 Å². The molecule has 1 fully saturated rings. The fraction of sp³-hybridized carbons (Fsp3) is 0.261. The fourth-order valence-electron chi connectivity index (χ4n) is 3.85. The molecule has 0 atom stereocenters. The standard InChI is InChI=1S/C23H24N6O/c24-22-20-10-7-16(11-21(20)28-29-22)17-13-26-23(27-14-17)25-12-15-5-8-19(9-6-15)30-18-3-1-2-4-18/h5-11,13-14,18H,1-4,12H2,(H3,24,28,29)(H,25,26,27). The van der Waals surface area contributed by atoms with Crippen LogP contribution in [0.3, 0.4) is 0 Å². The number of nitrogens with zero attached hydrogens (tertiary/aromatic N) is 3. The van der Waals surface area contributed by atoms with E-state index >= 15 is 0 Å². The number of aromatic nitrogens is 4. The first-order valence-electron chi connectivity index (χ1n) is 10.3. The fourth-order valence-corrected chi connectivity index (χ4v) is 3.85. The highest BCUT2D eigenvalue weighted by Crippen LogP contribution is 2.26. The molecule has 1 saturated carbocycles. The van der Waals surface area contributed by atoms with Gasteiger partial charge in [0.1, 0.15) is 5.75 Å². The average molecular weight is 400 g/mol. The zero-order valence-corrected chi connectivity index (χ0v) is 16.6. The summed E-state index contributed by atoms with van der Waals surface area (Å²) in [6.45, 7) is 0.655. The molecule has 4 N–H and O–H groups in total. The second-order valence-corrected chi connectivity index (χ2v) is 7.69. The van der Waals surface area contributed by atoms with Gasteiger partial charge in [0.2, 0.25) is 5.95 Å². The molecule has 0 unspecified atom stereocenters. The molecule has 2 aromatic carbocycles. The molecule has 0 spiro atoms. The van der Waals surface area contributed by atoms with E-state index in [-0.39, 0.29) is 0 Å². The molecule has 1 aliphatic rings. The molecule has 5 rings (SSSR count). The lowest BCUT2D eigenvalue weighted by atomic mass is 10.1. The van der Waals surface area contributed by atoms with Crippen LogP contribution in [0.2, 0.25) is 0 Å². The Bertz CT molecular complexity index is 1130. The lowest BCUT2D eigenvalue weighted by molar-refractivity contribution is 0.210. The summed E-state index contributed by atoms with van der Waals surface area (Å²) >= 11 is 0. The van der Waals surface area contributed by atoms with Crippen molar-refractivity contribution in [1.29, 1.82) is 0 Å². The predicted octanol–water partition coefficient (Wildman–Crippen LogP) is 4.54. The van der Waals surface area contributed by atoms with Crippen LogP contribution >= 0.6 is 0 Å². The molecule has 0 bridgehead atoms. The maximum atomic E-state index is 6.02. The van der Waals surface area contributed by atoms with Crippen molar-refractivity contribution in [3.8, 4) is 16.9 Å². The van der Waals surface area contributed by atoms with Crippen LogP contribution in [0.1, 0.15) is 31.2 Å². The third-order valence-corrected chi connectivity index (χ3v) is 5.56. The van der Waals surface area contributed by atoms with E-state index in [1.165, 1.54) is 25.7 Å². The molecular formula is C23H24N6O. The number of nitrogen functional groups attached to an aromatic ring is 1. The first-order valence-corrected chi connectivity index (χ1v) is 10.3. The number of nitrogens with two attached hydrogens (primary N) is 1. The minimum absolute atomic E-state index is 0.382. The molecule has 0 aliphatic heterocycles. The summed E-state index contributed by atoms with van der Waals surface area (Å²) in [6.07, 6.45) is 8.90. The summed E-state index contributed by atoms with van der Waals surface area (Å²) in [4.78, 5) is 8.89. The van der Waals surface area contributed by atoms with Crippen molar-refractivity contribution in [1.82, 2.24) is 20.2 Å². The molecule has 0 radical (unpaired) electrons. The maximum Gasteiger partial charge on any atom is 0.222 e. The summed E-state index contributed by atoms with van der Waals surface area (Å²) in [5.74, 6) is 2.05.